The first kappa shape index (κ1) is 15.7. The van der Waals surface area contributed by atoms with E-state index >= 15 is 0 Å². The summed E-state index contributed by atoms with van der Waals surface area (Å²) in [6.45, 7) is 0.620. The number of carboxylic acid groups (broad SMARTS) is 1. The number of carbonyl (C=O) groups is 1. The van der Waals surface area contributed by atoms with Crippen LogP contribution in [0.5, 0.6) is 0 Å². The quantitative estimate of drug-likeness (QED) is 0.707. The number of aryl methyl sites for hydroxylation is 1. The highest BCUT2D eigenvalue weighted by Crippen LogP contribution is 2.16. The number of fused-ring (bicyclic) bond motifs is 1. The van der Waals surface area contributed by atoms with E-state index in [9.17, 15) is 9.59 Å². The molecule has 1 aliphatic heterocycles. The summed E-state index contributed by atoms with van der Waals surface area (Å²) in [5.74, 6) is 0.308. The fraction of sp³-hybridized carbons (Fsp3) is 0.385. The zero-order valence-electron chi connectivity index (χ0n) is 12.1. The van der Waals surface area contributed by atoms with Gasteiger partial charge >= 0.3 is 6.09 Å². The Kier molecular flexibility index (Phi) is 4.18. The molecule has 0 aromatic carbocycles. The van der Waals surface area contributed by atoms with Crippen LogP contribution in [0.3, 0.4) is 0 Å². The molecule has 2 aromatic heterocycles. The summed E-state index contributed by atoms with van der Waals surface area (Å²) in [5, 5.41) is 15.0. The molecule has 0 unspecified atom stereocenters. The number of rotatable bonds is 3. The zero-order valence-corrected chi connectivity index (χ0v) is 13.7. The molecule has 3 heterocycles. The van der Waals surface area contributed by atoms with Crippen molar-refractivity contribution in [2.24, 2.45) is 7.05 Å². The highest BCUT2D eigenvalue weighted by molar-refractivity contribution is 9.10. The van der Waals surface area contributed by atoms with Crippen LogP contribution in [-0.2, 0) is 11.8 Å². The first-order valence-electron chi connectivity index (χ1n) is 6.81. The van der Waals surface area contributed by atoms with Crippen LogP contribution in [0.1, 0.15) is 0 Å². The van der Waals surface area contributed by atoms with Gasteiger partial charge in [-0.15, -0.1) is 0 Å². The highest BCUT2D eigenvalue weighted by Gasteiger charge is 2.30. The third-order valence-electron chi connectivity index (χ3n) is 3.61. The van der Waals surface area contributed by atoms with Crippen LogP contribution in [0.2, 0.25) is 0 Å². The van der Waals surface area contributed by atoms with Crippen molar-refractivity contribution in [2.45, 2.75) is 12.1 Å². The van der Waals surface area contributed by atoms with Crippen molar-refractivity contribution in [1.29, 1.82) is 0 Å². The Balaban J connectivity index is 1.89. The number of pyridine rings is 1. The van der Waals surface area contributed by atoms with Crippen molar-refractivity contribution in [3.63, 3.8) is 0 Å². The van der Waals surface area contributed by atoms with Crippen LogP contribution in [-0.4, -0.2) is 51.0 Å². The van der Waals surface area contributed by atoms with Crippen LogP contribution in [0, 0.1) is 0 Å². The Morgan fingerprint density at radius 2 is 2.22 bits per heavy atom. The van der Waals surface area contributed by atoms with Crippen molar-refractivity contribution in [3.05, 3.63) is 27.1 Å². The van der Waals surface area contributed by atoms with Gasteiger partial charge in [0.05, 0.1) is 29.8 Å². The summed E-state index contributed by atoms with van der Waals surface area (Å²) >= 11 is 3.20. The van der Waals surface area contributed by atoms with Gasteiger partial charge in [-0.2, -0.15) is 4.98 Å². The molecule has 122 valence electrons. The molecular weight excluding hydrogens is 370 g/mol. The monoisotopic (exact) mass is 383 g/mol. The minimum Gasteiger partial charge on any atom is -0.465 e. The molecule has 2 aromatic rings. The van der Waals surface area contributed by atoms with E-state index in [4.69, 9.17) is 9.84 Å². The standard InChI is InChI=1S/C13H14BrN5O4/c1-19-10-6(2-7(14)11(19)20)3-15-12(18-10)16-8-4-23-5-9(8)17-13(21)22/h2-3,8-9,17H,4-5H2,1H3,(H,21,22)(H,15,16,18)/t8-,9+/m1/s1. The van der Waals surface area contributed by atoms with Crippen LogP contribution >= 0.6 is 15.9 Å². The lowest BCUT2D eigenvalue weighted by Gasteiger charge is -2.19. The van der Waals surface area contributed by atoms with E-state index in [1.165, 1.54) is 4.57 Å². The smallest absolute Gasteiger partial charge is 0.405 e. The lowest BCUT2D eigenvalue weighted by Crippen LogP contribution is -2.45. The molecule has 9 nitrogen and oxygen atoms in total. The van der Waals surface area contributed by atoms with E-state index in [1.807, 2.05) is 0 Å². The van der Waals surface area contributed by atoms with Crippen LogP contribution in [0.25, 0.3) is 11.0 Å². The van der Waals surface area contributed by atoms with E-state index in [0.29, 0.717) is 28.1 Å². The van der Waals surface area contributed by atoms with Crippen LogP contribution in [0.15, 0.2) is 21.5 Å². The second-order valence-corrected chi connectivity index (χ2v) is 6.03. The minimum absolute atomic E-state index is 0.197. The molecule has 3 N–H and O–H groups in total. The van der Waals surface area contributed by atoms with Gasteiger partial charge < -0.3 is 20.5 Å². The number of aromatic nitrogens is 3. The zero-order chi connectivity index (χ0) is 16.6. The van der Waals surface area contributed by atoms with Gasteiger partial charge in [-0.3, -0.25) is 9.36 Å². The molecule has 3 rings (SSSR count). The molecule has 0 spiro atoms. The maximum absolute atomic E-state index is 12.0. The molecule has 0 saturated carbocycles. The molecule has 0 aliphatic carbocycles. The van der Waals surface area contributed by atoms with Crippen molar-refractivity contribution in [1.82, 2.24) is 19.9 Å². The molecule has 10 heteroatoms. The lowest BCUT2D eigenvalue weighted by atomic mass is 10.2. The predicted octanol–water partition coefficient (Wildman–Crippen LogP) is 0.538. The average Bonchev–Trinajstić information content (AvgIpc) is 2.92. The maximum atomic E-state index is 12.0. The Labute approximate surface area is 138 Å². The Hall–Kier alpha value is -2.20. The van der Waals surface area contributed by atoms with Crippen molar-refractivity contribution in [2.75, 3.05) is 18.5 Å². The third kappa shape index (κ3) is 3.13. The molecule has 0 radical (unpaired) electrons. The highest BCUT2D eigenvalue weighted by atomic mass is 79.9. The number of nitrogens with zero attached hydrogens (tertiary/aromatic N) is 3. The summed E-state index contributed by atoms with van der Waals surface area (Å²) in [7, 11) is 1.62. The first-order chi connectivity index (χ1) is 11.0. The normalized spacial score (nSPS) is 20.6. The third-order valence-corrected chi connectivity index (χ3v) is 4.18. The number of hydrogen-bond acceptors (Lipinski definition) is 6. The summed E-state index contributed by atoms with van der Waals surface area (Å²) in [4.78, 5) is 31.3. The Morgan fingerprint density at radius 1 is 1.48 bits per heavy atom. The molecular formula is C13H14BrN5O4. The van der Waals surface area contributed by atoms with Gasteiger partial charge in [0.1, 0.15) is 5.65 Å². The number of amides is 1. The molecule has 1 fully saturated rings. The van der Waals surface area contributed by atoms with Gasteiger partial charge in [-0.1, -0.05) is 0 Å². The van der Waals surface area contributed by atoms with E-state index in [0.717, 1.165) is 0 Å². The van der Waals surface area contributed by atoms with E-state index in [2.05, 4.69) is 36.5 Å². The van der Waals surface area contributed by atoms with Crippen molar-refractivity contribution in [3.8, 4) is 0 Å². The molecule has 1 saturated heterocycles. The van der Waals surface area contributed by atoms with Crippen molar-refractivity contribution >= 4 is 39.0 Å². The SMILES string of the molecule is Cn1c(=O)c(Br)cc2cnc(N[C@@H]3COC[C@@H]3NC(=O)O)nc21. The number of halogens is 1. The molecule has 23 heavy (non-hydrogen) atoms. The van der Waals surface area contributed by atoms with Gasteiger partial charge in [0.25, 0.3) is 5.56 Å². The fourth-order valence-corrected chi connectivity index (χ4v) is 2.95. The van der Waals surface area contributed by atoms with Crippen LogP contribution in [0.4, 0.5) is 10.7 Å². The molecule has 2 atom stereocenters. The first-order valence-corrected chi connectivity index (χ1v) is 7.61. The topological polar surface area (TPSA) is 118 Å². The number of hydrogen-bond donors (Lipinski definition) is 3. The number of anilines is 1. The second kappa shape index (κ2) is 6.13. The summed E-state index contributed by atoms with van der Waals surface area (Å²) in [5.41, 5.74) is 0.286. The Morgan fingerprint density at radius 3 is 2.96 bits per heavy atom. The maximum Gasteiger partial charge on any atom is 0.405 e. The second-order valence-electron chi connectivity index (χ2n) is 5.17. The van der Waals surface area contributed by atoms with Gasteiger partial charge in [0, 0.05) is 18.6 Å². The molecule has 0 bridgehead atoms. The van der Waals surface area contributed by atoms with Gasteiger partial charge in [-0.25, -0.2) is 9.78 Å². The minimum atomic E-state index is -1.11. The van der Waals surface area contributed by atoms with Gasteiger partial charge in [0.2, 0.25) is 5.95 Å². The van der Waals surface area contributed by atoms with Gasteiger partial charge in [-0.05, 0) is 22.0 Å². The summed E-state index contributed by atoms with van der Waals surface area (Å²) in [6.07, 6.45) is 0.489. The largest absolute Gasteiger partial charge is 0.465 e. The lowest BCUT2D eigenvalue weighted by molar-refractivity contribution is 0.175. The molecule has 1 amide bonds. The summed E-state index contributed by atoms with van der Waals surface area (Å²) < 4.78 is 7.14. The Bertz CT molecular complexity index is 824. The average molecular weight is 384 g/mol. The number of nitrogens with one attached hydrogen (secondary N) is 2. The predicted molar refractivity (Wildman–Crippen MR) is 85.7 cm³/mol. The van der Waals surface area contributed by atoms with E-state index < -0.39 is 6.09 Å². The van der Waals surface area contributed by atoms with E-state index in [1.54, 1.807) is 19.3 Å². The fourth-order valence-electron chi connectivity index (χ4n) is 2.44. The van der Waals surface area contributed by atoms with Gasteiger partial charge in [0.15, 0.2) is 0 Å². The summed E-state index contributed by atoms with van der Waals surface area (Å²) in [6, 6.07) is 0.992. The molecule has 1 aliphatic rings. The number of ether oxygens (including phenoxy) is 1. The van der Waals surface area contributed by atoms with Crippen LogP contribution < -0.4 is 16.2 Å². The van der Waals surface area contributed by atoms with Crippen molar-refractivity contribution < 1.29 is 14.6 Å². The van der Waals surface area contributed by atoms with E-state index in [-0.39, 0.29) is 24.2 Å².